The molecular formula is C16H15N3O5. The number of rotatable bonds is 5. The average Bonchev–Trinajstić information content (AvgIpc) is 2.54. The minimum atomic E-state index is -0.732. The number of nitro benzene ring substituents is 1. The first-order chi connectivity index (χ1) is 11.4. The summed E-state index contributed by atoms with van der Waals surface area (Å²) in [6, 6.07) is 6.83. The second kappa shape index (κ2) is 7.32. The summed E-state index contributed by atoms with van der Waals surface area (Å²) in [6.45, 7) is 3.58. The SMILES string of the molecule is CCOC(=O)c1cc(C(=O)Nc2cc(C)ccn2)cc([N+](=O)[O-])c1. The molecule has 0 aliphatic rings. The van der Waals surface area contributed by atoms with Gasteiger partial charge in [-0.1, -0.05) is 0 Å². The van der Waals surface area contributed by atoms with Crippen LogP contribution in [0, 0.1) is 17.0 Å². The van der Waals surface area contributed by atoms with Crippen molar-refractivity contribution in [3.8, 4) is 0 Å². The van der Waals surface area contributed by atoms with Crippen molar-refractivity contribution in [2.75, 3.05) is 11.9 Å². The lowest BCUT2D eigenvalue weighted by Gasteiger charge is -2.07. The molecule has 1 N–H and O–H groups in total. The topological polar surface area (TPSA) is 111 Å². The molecule has 0 aliphatic heterocycles. The summed E-state index contributed by atoms with van der Waals surface area (Å²) < 4.78 is 4.83. The van der Waals surface area contributed by atoms with E-state index in [1.807, 2.05) is 6.92 Å². The number of non-ortho nitro benzene ring substituents is 1. The van der Waals surface area contributed by atoms with Crippen LogP contribution < -0.4 is 5.32 Å². The zero-order chi connectivity index (χ0) is 17.7. The van der Waals surface area contributed by atoms with Crippen LogP contribution in [0.5, 0.6) is 0 Å². The molecule has 0 aliphatic carbocycles. The largest absolute Gasteiger partial charge is 0.462 e. The number of anilines is 1. The standard InChI is InChI=1S/C16H15N3O5/c1-3-24-16(21)12-7-11(8-13(9-12)19(22)23)15(20)18-14-6-10(2)4-5-17-14/h4-9H,3H2,1-2H3,(H,17,18,20). The third-order valence-electron chi connectivity index (χ3n) is 3.06. The second-order valence-electron chi connectivity index (χ2n) is 4.92. The number of carbonyl (C=O) groups is 2. The highest BCUT2D eigenvalue weighted by Gasteiger charge is 2.19. The van der Waals surface area contributed by atoms with E-state index in [1.54, 1.807) is 19.1 Å². The van der Waals surface area contributed by atoms with E-state index in [0.717, 1.165) is 17.7 Å². The van der Waals surface area contributed by atoms with E-state index in [0.29, 0.717) is 5.82 Å². The summed E-state index contributed by atoms with van der Waals surface area (Å²) in [4.78, 5) is 38.5. The Hall–Kier alpha value is -3.29. The van der Waals surface area contributed by atoms with Gasteiger partial charge in [-0.25, -0.2) is 9.78 Å². The van der Waals surface area contributed by atoms with Crippen LogP contribution in [-0.4, -0.2) is 28.4 Å². The van der Waals surface area contributed by atoms with Crippen molar-refractivity contribution < 1.29 is 19.2 Å². The molecule has 2 rings (SSSR count). The first-order valence-electron chi connectivity index (χ1n) is 7.11. The minimum absolute atomic E-state index is 0.0319. The first kappa shape index (κ1) is 17.1. The maximum absolute atomic E-state index is 12.3. The number of nitrogens with one attached hydrogen (secondary N) is 1. The molecule has 1 heterocycles. The third-order valence-corrected chi connectivity index (χ3v) is 3.06. The number of hydrogen-bond donors (Lipinski definition) is 1. The maximum atomic E-state index is 12.3. The van der Waals surface area contributed by atoms with E-state index in [1.165, 1.54) is 12.3 Å². The van der Waals surface area contributed by atoms with Gasteiger partial charge in [0.2, 0.25) is 0 Å². The van der Waals surface area contributed by atoms with Crippen LogP contribution in [0.25, 0.3) is 0 Å². The molecular weight excluding hydrogens is 314 g/mol. The number of hydrogen-bond acceptors (Lipinski definition) is 6. The summed E-state index contributed by atoms with van der Waals surface area (Å²) in [6.07, 6.45) is 1.53. The van der Waals surface area contributed by atoms with Crippen molar-refractivity contribution in [3.63, 3.8) is 0 Å². The van der Waals surface area contributed by atoms with E-state index < -0.39 is 16.8 Å². The number of carbonyl (C=O) groups excluding carboxylic acids is 2. The van der Waals surface area contributed by atoms with Crippen LogP contribution in [0.1, 0.15) is 33.2 Å². The highest BCUT2D eigenvalue weighted by molar-refractivity contribution is 6.05. The zero-order valence-electron chi connectivity index (χ0n) is 13.1. The molecule has 8 heteroatoms. The van der Waals surface area contributed by atoms with E-state index in [4.69, 9.17) is 4.74 Å². The van der Waals surface area contributed by atoms with Gasteiger partial charge >= 0.3 is 5.97 Å². The number of esters is 1. The summed E-state index contributed by atoms with van der Waals surface area (Å²) in [5.74, 6) is -1.03. The van der Waals surface area contributed by atoms with Crippen molar-refractivity contribution in [1.82, 2.24) is 4.98 Å². The van der Waals surface area contributed by atoms with Crippen LogP contribution >= 0.6 is 0 Å². The van der Waals surface area contributed by atoms with E-state index >= 15 is 0 Å². The highest BCUT2D eigenvalue weighted by atomic mass is 16.6. The van der Waals surface area contributed by atoms with Gasteiger partial charge in [0.05, 0.1) is 17.1 Å². The number of aromatic nitrogens is 1. The van der Waals surface area contributed by atoms with Gasteiger partial charge in [-0.15, -0.1) is 0 Å². The van der Waals surface area contributed by atoms with Crippen molar-refractivity contribution >= 4 is 23.4 Å². The van der Waals surface area contributed by atoms with Crippen LogP contribution in [0.15, 0.2) is 36.5 Å². The van der Waals surface area contributed by atoms with E-state index in [-0.39, 0.29) is 23.4 Å². The van der Waals surface area contributed by atoms with Crippen LogP contribution in [-0.2, 0) is 4.74 Å². The predicted octanol–water partition coefficient (Wildman–Crippen LogP) is 2.73. The summed E-state index contributed by atoms with van der Waals surface area (Å²) in [5, 5.41) is 13.6. The lowest BCUT2D eigenvalue weighted by molar-refractivity contribution is -0.384. The normalized spacial score (nSPS) is 10.1. The van der Waals surface area contributed by atoms with Gasteiger partial charge in [-0.3, -0.25) is 14.9 Å². The third kappa shape index (κ3) is 4.13. The van der Waals surface area contributed by atoms with Crippen molar-refractivity contribution in [2.45, 2.75) is 13.8 Å². The van der Waals surface area contributed by atoms with Crippen molar-refractivity contribution in [1.29, 1.82) is 0 Å². The Morgan fingerprint density at radius 3 is 2.58 bits per heavy atom. The van der Waals surface area contributed by atoms with Crippen molar-refractivity contribution in [3.05, 3.63) is 63.3 Å². The summed E-state index contributed by atoms with van der Waals surface area (Å²) in [5.41, 5.74) is 0.429. The number of amides is 1. The first-order valence-corrected chi connectivity index (χ1v) is 7.11. The molecule has 8 nitrogen and oxygen atoms in total. The molecule has 0 fully saturated rings. The molecule has 0 saturated carbocycles. The van der Waals surface area contributed by atoms with Crippen molar-refractivity contribution in [2.24, 2.45) is 0 Å². The van der Waals surface area contributed by atoms with Gasteiger partial charge in [0, 0.05) is 23.9 Å². The van der Waals surface area contributed by atoms with Gasteiger partial charge in [-0.2, -0.15) is 0 Å². The number of pyridine rings is 1. The highest BCUT2D eigenvalue weighted by Crippen LogP contribution is 2.19. The fourth-order valence-electron chi connectivity index (χ4n) is 1.97. The molecule has 0 atom stereocenters. The molecule has 1 aromatic heterocycles. The Morgan fingerprint density at radius 1 is 1.25 bits per heavy atom. The van der Waals surface area contributed by atoms with Gasteiger partial charge in [0.1, 0.15) is 5.82 Å². The molecule has 0 bridgehead atoms. The van der Waals surface area contributed by atoms with Crippen LogP contribution in [0.4, 0.5) is 11.5 Å². The molecule has 24 heavy (non-hydrogen) atoms. The molecule has 0 radical (unpaired) electrons. The molecule has 2 aromatic rings. The van der Waals surface area contributed by atoms with Crippen LogP contribution in [0.2, 0.25) is 0 Å². The number of benzene rings is 1. The maximum Gasteiger partial charge on any atom is 0.338 e. The molecule has 1 amide bonds. The Morgan fingerprint density at radius 2 is 1.96 bits per heavy atom. The van der Waals surface area contributed by atoms with E-state index in [2.05, 4.69) is 10.3 Å². The lowest BCUT2D eigenvalue weighted by Crippen LogP contribution is -2.15. The van der Waals surface area contributed by atoms with Gasteiger partial charge in [-0.05, 0) is 37.6 Å². The predicted molar refractivity (Wildman–Crippen MR) is 86.0 cm³/mol. The van der Waals surface area contributed by atoms with E-state index in [9.17, 15) is 19.7 Å². The van der Waals surface area contributed by atoms with Gasteiger partial charge in [0.25, 0.3) is 11.6 Å². The minimum Gasteiger partial charge on any atom is -0.462 e. The second-order valence-corrected chi connectivity index (χ2v) is 4.92. The smallest absolute Gasteiger partial charge is 0.338 e. The average molecular weight is 329 g/mol. The number of aryl methyl sites for hydroxylation is 1. The zero-order valence-corrected chi connectivity index (χ0v) is 13.1. The number of nitro groups is 1. The van der Waals surface area contributed by atoms with Gasteiger partial charge < -0.3 is 10.1 Å². The molecule has 0 spiro atoms. The number of ether oxygens (including phenoxy) is 1. The monoisotopic (exact) mass is 329 g/mol. The fourth-order valence-corrected chi connectivity index (χ4v) is 1.97. The van der Waals surface area contributed by atoms with Crippen LogP contribution in [0.3, 0.4) is 0 Å². The molecule has 124 valence electrons. The Labute approximate surface area is 137 Å². The molecule has 0 saturated heterocycles. The quantitative estimate of drug-likeness (QED) is 0.513. The molecule has 0 unspecified atom stereocenters. The van der Waals surface area contributed by atoms with Gasteiger partial charge in [0.15, 0.2) is 0 Å². The fraction of sp³-hybridized carbons (Fsp3) is 0.188. The Kier molecular flexibility index (Phi) is 5.20. The summed E-state index contributed by atoms with van der Waals surface area (Å²) >= 11 is 0. The number of nitrogens with zero attached hydrogens (tertiary/aromatic N) is 2. The summed E-state index contributed by atoms with van der Waals surface area (Å²) in [7, 11) is 0. The lowest BCUT2D eigenvalue weighted by atomic mass is 10.1. The Balaban J connectivity index is 2.35. The molecule has 1 aromatic carbocycles. The Bertz CT molecular complexity index is 804.